The van der Waals surface area contributed by atoms with Gasteiger partial charge in [-0.05, 0) is 25.7 Å². The summed E-state index contributed by atoms with van der Waals surface area (Å²) >= 11 is 0. The first-order valence-corrected chi connectivity index (χ1v) is 6.78. The first-order chi connectivity index (χ1) is 9.12. The summed E-state index contributed by atoms with van der Waals surface area (Å²) in [5, 5.41) is 9.69. The van der Waals surface area contributed by atoms with Crippen LogP contribution in [0.2, 0.25) is 0 Å². The lowest BCUT2D eigenvalue weighted by atomic mass is 9.80. The first-order valence-electron chi connectivity index (χ1n) is 6.78. The highest BCUT2D eigenvalue weighted by Gasteiger charge is 2.37. The number of nitrogens with zero attached hydrogens (tertiary/aromatic N) is 1. The summed E-state index contributed by atoms with van der Waals surface area (Å²) in [5.41, 5.74) is 7.31. The Morgan fingerprint density at radius 2 is 2.32 bits per heavy atom. The molecule has 1 aromatic heterocycles. The van der Waals surface area contributed by atoms with E-state index in [4.69, 9.17) is 10.5 Å². The molecule has 1 heterocycles. The topological polar surface area (TPSA) is 93.0 Å². The molecule has 0 spiro atoms. The largest absolute Gasteiger partial charge is 0.395 e. The minimum absolute atomic E-state index is 0.188. The Balaban J connectivity index is 1.96. The summed E-state index contributed by atoms with van der Waals surface area (Å²) in [6.45, 7) is 2.57. The zero-order valence-electron chi connectivity index (χ0n) is 11.6. The third-order valence-corrected chi connectivity index (χ3v) is 3.87. The summed E-state index contributed by atoms with van der Waals surface area (Å²) in [5.74, 6) is -0.237. The smallest absolute Gasteiger partial charge is 0.274 e. The van der Waals surface area contributed by atoms with Gasteiger partial charge in [0, 0.05) is 13.7 Å². The van der Waals surface area contributed by atoms with Crippen LogP contribution in [0.15, 0.2) is 0 Å². The van der Waals surface area contributed by atoms with Crippen LogP contribution >= 0.6 is 0 Å². The highest BCUT2D eigenvalue weighted by atomic mass is 16.5. The van der Waals surface area contributed by atoms with Gasteiger partial charge in [0.25, 0.3) is 5.91 Å². The first kappa shape index (κ1) is 13.9. The number of ether oxygens (including phenoxy) is 1. The molecule has 1 aromatic rings. The number of aryl methyl sites for hydroxylation is 1. The Kier molecular flexibility index (Phi) is 4.09. The summed E-state index contributed by atoms with van der Waals surface area (Å²) in [4.78, 5) is 12.1. The van der Waals surface area contributed by atoms with E-state index in [-0.39, 0.29) is 17.2 Å². The van der Waals surface area contributed by atoms with E-state index in [1.165, 1.54) is 0 Å². The van der Waals surface area contributed by atoms with Crippen molar-refractivity contribution in [2.75, 3.05) is 19.4 Å². The molecule has 0 unspecified atom stereocenters. The Hall–Kier alpha value is -1.56. The number of aromatic nitrogens is 2. The number of hydrogen-bond acceptors (Lipinski definition) is 4. The van der Waals surface area contributed by atoms with Crippen LogP contribution in [-0.4, -0.2) is 35.4 Å². The molecule has 0 bridgehead atoms. The zero-order valence-corrected chi connectivity index (χ0v) is 11.6. The van der Waals surface area contributed by atoms with Crippen molar-refractivity contribution in [2.45, 2.75) is 44.6 Å². The van der Waals surface area contributed by atoms with Gasteiger partial charge < -0.3 is 15.8 Å². The van der Waals surface area contributed by atoms with Crippen LogP contribution in [0.4, 0.5) is 5.69 Å². The van der Waals surface area contributed by atoms with Crippen LogP contribution in [0.1, 0.15) is 48.8 Å². The lowest BCUT2D eigenvalue weighted by Gasteiger charge is -2.40. The maximum atomic E-state index is 12.1. The third-order valence-electron chi connectivity index (χ3n) is 3.87. The number of hydrogen-bond donors (Lipinski definition) is 3. The lowest BCUT2D eigenvalue weighted by Crippen LogP contribution is -2.49. The molecule has 1 aliphatic carbocycles. The van der Waals surface area contributed by atoms with Crippen molar-refractivity contribution < 1.29 is 9.53 Å². The average molecular weight is 266 g/mol. The van der Waals surface area contributed by atoms with Gasteiger partial charge in [0.05, 0.1) is 17.0 Å². The Labute approximate surface area is 113 Å². The number of aromatic amines is 1. The average Bonchev–Trinajstić information content (AvgIpc) is 2.71. The van der Waals surface area contributed by atoms with Gasteiger partial charge in [-0.25, -0.2) is 0 Å². The standard InChI is InChI=1S/C13H22N4O2/c1-3-5-9-10(14)11(17-16-9)12(18)15-8-13(19-2)6-4-7-13/h3-8,14H2,1-2H3,(H,15,18)(H,16,17). The highest BCUT2D eigenvalue weighted by molar-refractivity contribution is 5.97. The number of nitrogens with one attached hydrogen (secondary N) is 2. The molecule has 106 valence electrons. The summed E-state index contributed by atoms with van der Waals surface area (Å²) < 4.78 is 5.46. The molecule has 0 atom stereocenters. The second kappa shape index (κ2) is 5.61. The number of nitrogens with two attached hydrogens (primary N) is 1. The monoisotopic (exact) mass is 266 g/mol. The molecule has 4 N–H and O–H groups in total. The summed E-state index contributed by atoms with van der Waals surface area (Å²) in [7, 11) is 1.69. The van der Waals surface area contributed by atoms with E-state index in [0.29, 0.717) is 12.2 Å². The number of rotatable bonds is 6. The number of H-pyrrole nitrogens is 1. The molecule has 1 saturated carbocycles. The van der Waals surface area contributed by atoms with E-state index in [1.807, 2.05) is 0 Å². The Bertz CT molecular complexity index is 446. The van der Waals surface area contributed by atoms with E-state index in [0.717, 1.165) is 37.8 Å². The van der Waals surface area contributed by atoms with E-state index in [2.05, 4.69) is 22.4 Å². The van der Waals surface area contributed by atoms with Crippen molar-refractivity contribution in [2.24, 2.45) is 0 Å². The molecule has 19 heavy (non-hydrogen) atoms. The van der Waals surface area contributed by atoms with Crippen molar-refractivity contribution in [1.29, 1.82) is 0 Å². The Morgan fingerprint density at radius 1 is 1.58 bits per heavy atom. The molecule has 1 fully saturated rings. The van der Waals surface area contributed by atoms with Gasteiger partial charge >= 0.3 is 0 Å². The molecule has 1 aliphatic rings. The number of amides is 1. The SMILES string of the molecule is CCCc1[nH]nc(C(=O)NCC2(OC)CCC2)c1N. The number of carbonyl (C=O) groups is 1. The number of anilines is 1. The van der Waals surface area contributed by atoms with Gasteiger partial charge in [0.15, 0.2) is 5.69 Å². The fraction of sp³-hybridized carbons (Fsp3) is 0.692. The van der Waals surface area contributed by atoms with Crippen LogP contribution in [0.25, 0.3) is 0 Å². The normalized spacial score (nSPS) is 16.9. The van der Waals surface area contributed by atoms with Crippen LogP contribution in [0, 0.1) is 0 Å². The fourth-order valence-corrected chi connectivity index (χ4v) is 2.35. The maximum absolute atomic E-state index is 12.1. The number of nitrogen functional groups attached to an aromatic ring is 1. The van der Waals surface area contributed by atoms with Crippen molar-refractivity contribution in [3.05, 3.63) is 11.4 Å². The van der Waals surface area contributed by atoms with E-state index >= 15 is 0 Å². The summed E-state index contributed by atoms with van der Waals surface area (Å²) in [6, 6.07) is 0. The number of methoxy groups -OCH3 is 1. The molecule has 0 aliphatic heterocycles. The lowest BCUT2D eigenvalue weighted by molar-refractivity contribution is -0.0679. The second-order valence-electron chi connectivity index (χ2n) is 5.14. The summed E-state index contributed by atoms with van der Waals surface area (Å²) in [6.07, 6.45) is 4.88. The van der Waals surface area contributed by atoms with Gasteiger partial charge in [0.1, 0.15) is 0 Å². The molecule has 0 radical (unpaired) electrons. The van der Waals surface area contributed by atoms with Gasteiger partial charge in [-0.1, -0.05) is 13.3 Å². The highest BCUT2D eigenvalue weighted by Crippen LogP contribution is 2.34. The quantitative estimate of drug-likeness (QED) is 0.722. The Morgan fingerprint density at radius 3 is 2.84 bits per heavy atom. The third kappa shape index (κ3) is 2.73. The van der Waals surface area contributed by atoms with Crippen LogP contribution in [0.3, 0.4) is 0 Å². The molecule has 0 aromatic carbocycles. The van der Waals surface area contributed by atoms with Gasteiger partial charge in [-0.3, -0.25) is 9.89 Å². The van der Waals surface area contributed by atoms with Crippen molar-refractivity contribution >= 4 is 11.6 Å². The predicted octanol–water partition coefficient (Wildman–Crippen LogP) is 1.24. The molecule has 1 amide bonds. The van der Waals surface area contributed by atoms with Crippen LogP contribution in [0.5, 0.6) is 0 Å². The van der Waals surface area contributed by atoms with E-state index in [9.17, 15) is 4.79 Å². The zero-order chi connectivity index (χ0) is 13.9. The van der Waals surface area contributed by atoms with E-state index in [1.54, 1.807) is 7.11 Å². The van der Waals surface area contributed by atoms with E-state index < -0.39 is 0 Å². The minimum atomic E-state index is -0.237. The van der Waals surface area contributed by atoms with Gasteiger partial charge in [-0.2, -0.15) is 5.10 Å². The molecular weight excluding hydrogens is 244 g/mol. The molecular formula is C13H22N4O2. The fourth-order valence-electron chi connectivity index (χ4n) is 2.35. The van der Waals surface area contributed by atoms with Crippen molar-refractivity contribution in [1.82, 2.24) is 15.5 Å². The molecule has 2 rings (SSSR count). The molecule has 6 heteroatoms. The van der Waals surface area contributed by atoms with Gasteiger partial charge in [-0.15, -0.1) is 0 Å². The maximum Gasteiger partial charge on any atom is 0.274 e. The van der Waals surface area contributed by atoms with Gasteiger partial charge in [0.2, 0.25) is 0 Å². The number of carbonyl (C=O) groups excluding carboxylic acids is 1. The van der Waals surface area contributed by atoms with Crippen LogP contribution < -0.4 is 11.1 Å². The minimum Gasteiger partial charge on any atom is -0.395 e. The second-order valence-corrected chi connectivity index (χ2v) is 5.14. The molecule has 6 nitrogen and oxygen atoms in total. The molecule has 0 saturated heterocycles. The predicted molar refractivity (Wildman–Crippen MR) is 72.9 cm³/mol. The van der Waals surface area contributed by atoms with Crippen molar-refractivity contribution in [3.63, 3.8) is 0 Å². The van der Waals surface area contributed by atoms with Crippen molar-refractivity contribution in [3.8, 4) is 0 Å². The van der Waals surface area contributed by atoms with Crippen LogP contribution in [-0.2, 0) is 11.2 Å².